The van der Waals surface area contributed by atoms with Crippen molar-refractivity contribution in [3.63, 3.8) is 0 Å². The largest absolute Gasteiger partial charge is 0.376 e. The van der Waals surface area contributed by atoms with Gasteiger partial charge in [0, 0.05) is 7.05 Å². The van der Waals surface area contributed by atoms with Crippen LogP contribution in [0.2, 0.25) is 0 Å². The highest BCUT2D eigenvalue weighted by atomic mass is 16.5. The van der Waals surface area contributed by atoms with E-state index in [0.29, 0.717) is 5.54 Å². The molecule has 2 rings (SSSR count). The van der Waals surface area contributed by atoms with Gasteiger partial charge in [-0.1, -0.05) is 6.08 Å². The molecule has 1 saturated heterocycles. The Hall–Kier alpha value is -0.500. The molecule has 1 fully saturated rings. The smallest absolute Gasteiger partial charge is 0.0893 e. The minimum Gasteiger partial charge on any atom is -0.376 e. The fraction of sp³-hybridized carbons (Fsp3) is 0.714. The molecule has 0 N–H and O–H groups in total. The van der Waals surface area contributed by atoms with Crippen molar-refractivity contribution in [2.45, 2.75) is 12.0 Å². The van der Waals surface area contributed by atoms with E-state index in [4.69, 9.17) is 4.74 Å². The van der Waals surface area contributed by atoms with Crippen molar-refractivity contribution >= 4 is 0 Å². The van der Waals surface area contributed by atoms with Crippen LogP contribution in [-0.4, -0.2) is 30.7 Å². The van der Waals surface area contributed by atoms with Gasteiger partial charge in [0.15, 0.2) is 0 Å². The van der Waals surface area contributed by atoms with Crippen molar-refractivity contribution in [1.29, 1.82) is 0 Å². The normalized spacial score (nSPS) is 29.2. The van der Waals surface area contributed by atoms with E-state index < -0.39 is 0 Å². The Morgan fingerprint density at radius 2 is 2.33 bits per heavy atom. The molecule has 0 aliphatic carbocycles. The van der Waals surface area contributed by atoms with Crippen LogP contribution in [0.15, 0.2) is 12.3 Å². The highest BCUT2D eigenvalue weighted by Gasteiger charge is 2.42. The summed E-state index contributed by atoms with van der Waals surface area (Å²) in [6.45, 7) is 1.83. The van der Waals surface area contributed by atoms with Gasteiger partial charge in [-0.2, -0.15) is 0 Å². The van der Waals surface area contributed by atoms with Gasteiger partial charge in [-0.25, -0.2) is 0 Å². The van der Waals surface area contributed by atoms with Crippen LogP contribution < -0.4 is 0 Å². The standard InChI is InChI=1S/C7H11NO/c1-8-4-2-3-7(8)5-9-6-7/h2,4H,3,5-6H2,1H3. The molecule has 0 saturated carbocycles. The number of hydrogen-bond donors (Lipinski definition) is 0. The van der Waals surface area contributed by atoms with E-state index in [1.807, 2.05) is 0 Å². The maximum atomic E-state index is 5.15. The second-order valence-electron chi connectivity index (χ2n) is 2.92. The monoisotopic (exact) mass is 125 g/mol. The quantitative estimate of drug-likeness (QED) is 0.470. The van der Waals surface area contributed by atoms with Crippen LogP contribution in [0.3, 0.4) is 0 Å². The van der Waals surface area contributed by atoms with E-state index in [9.17, 15) is 0 Å². The predicted molar refractivity (Wildman–Crippen MR) is 35.1 cm³/mol. The van der Waals surface area contributed by atoms with Crippen molar-refractivity contribution in [1.82, 2.24) is 4.90 Å². The molecule has 50 valence electrons. The van der Waals surface area contributed by atoms with Crippen LogP contribution in [0.5, 0.6) is 0 Å². The molecule has 2 aliphatic rings. The summed E-state index contributed by atoms with van der Waals surface area (Å²) < 4.78 is 5.15. The molecular weight excluding hydrogens is 114 g/mol. The summed E-state index contributed by atoms with van der Waals surface area (Å²) in [4.78, 5) is 2.26. The molecule has 0 unspecified atom stereocenters. The lowest BCUT2D eigenvalue weighted by Crippen LogP contribution is -2.56. The van der Waals surface area contributed by atoms with Gasteiger partial charge in [-0.15, -0.1) is 0 Å². The highest BCUT2D eigenvalue weighted by Crippen LogP contribution is 2.32. The Kier molecular flexibility index (Phi) is 0.887. The zero-order valence-electron chi connectivity index (χ0n) is 5.63. The number of hydrogen-bond acceptors (Lipinski definition) is 2. The summed E-state index contributed by atoms with van der Waals surface area (Å²) in [6, 6.07) is 0. The number of likely N-dealkylation sites (N-methyl/N-ethyl adjacent to an activating group) is 1. The Bertz CT molecular complexity index is 149. The van der Waals surface area contributed by atoms with Gasteiger partial charge in [-0.3, -0.25) is 0 Å². The Morgan fingerprint density at radius 1 is 1.56 bits per heavy atom. The lowest BCUT2D eigenvalue weighted by Gasteiger charge is -2.44. The fourth-order valence-corrected chi connectivity index (χ4v) is 1.39. The second-order valence-corrected chi connectivity index (χ2v) is 2.92. The van der Waals surface area contributed by atoms with Gasteiger partial charge in [0.1, 0.15) is 0 Å². The third-order valence-corrected chi connectivity index (χ3v) is 2.32. The first kappa shape index (κ1) is 5.30. The summed E-state index contributed by atoms with van der Waals surface area (Å²) in [5.74, 6) is 0. The molecule has 0 aromatic rings. The van der Waals surface area contributed by atoms with E-state index in [1.54, 1.807) is 0 Å². The third-order valence-electron chi connectivity index (χ3n) is 2.32. The van der Waals surface area contributed by atoms with Crippen molar-refractivity contribution in [3.8, 4) is 0 Å². The van der Waals surface area contributed by atoms with Gasteiger partial charge < -0.3 is 9.64 Å². The first-order chi connectivity index (χ1) is 4.33. The van der Waals surface area contributed by atoms with Crippen molar-refractivity contribution < 1.29 is 4.74 Å². The second kappa shape index (κ2) is 1.51. The molecule has 0 atom stereocenters. The van der Waals surface area contributed by atoms with E-state index >= 15 is 0 Å². The molecule has 2 heteroatoms. The summed E-state index contributed by atoms with van der Waals surface area (Å²) >= 11 is 0. The average Bonchev–Trinajstić information content (AvgIpc) is 2.07. The highest BCUT2D eigenvalue weighted by molar-refractivity contribution is 5.10. The molecule has 2 nitrogen and oxygen atoms in total. The van der Waals surface area contributed by atoms with E-state index in [0.717, 1.165) is 13.2 Å². The fourth-order valence-electron chi connectivity index (χ4n) is 1.39. The molecule has 0 aromatic heterocycles. The van der Waals surface area contributed by atoms with Gasteiger partial charge >= 0.3 is 0 Å². The summed E-state index contributed by atoms with van der Waals surface area (Å²) in [7, 11) is 2.12. The number of ether oxygens (including phenoxy) is 1. The van der Waals surface area contributed by atoms with Gasteiger partial charge in [0.05, 0.1) is 18.8 Å². The summed E-state index contributed by atoms with van der Waals surface area (Å²) in [6.07, 6.45) is 5.52. The Labute approximate surface area is 55.1 Å². The van der Waals surface area contributed by atoms with Gasteiger partial charge in [0.25, 0.3) is 0 Å². The van der Waals surface area contributed by atoms with Crippen LogP contribution in [-0.2, 0) is 4.74 Å². The van der Waals surface area contributed by atoms with Gasteiger partial charge in [-0.05, 0) is 12.6 Å². The van der Waals surface area contributed by atoms with Crippen molar-refractivity contribution in [2.75, 3.05) is 20.3 Å². The van der Waals surface area contributed by atoms with Crippen molar-refractivity contribution in [2.24, 2.45) is 0 Å². The predicted octanol–water partition coefficient (Wildman–Crippen LogP) is 0.605. The SMILES string of the molecule is CN1C=CCC12COC2. The lowest BCUT2D eigenvalue weighted by molar-refractivity contribution is -0.108. The number of rotatable bonds is 0. The van der Waals surface area contributed by atoms with E-state index in [2.05, 4.69) is 24.2 Å². The molecule has 0 radical (unpaired) electrons. The topological polar surface area (TPSA) is 12.5 Å². The zero-order chi connectivity index (χ0) is 6.32. The van der Waals surface area contributed by atoms with Gasteiger partial charge in [0.2, 0.25) is 0 Å². The molecule has 0 aromatic carbocycles. The van der Waals surface area contributed by atoms with Crippen LogP contribution in [0.4, 0.5) is 0 Å². The molecule has 0 bridgehead atoms. The van der Waals surface area contributed by atoms with Crippen LogP contribution >= 0.6 is 0 Å². The van der Waals surface area contributed by atoms with Crippen LogP contribution in [0.1, 0.15) is 6.42 Å². The first-order valence-corrected chi connectivity index (χ1v) is 3.31. The van der Waals surface area contributed by atoms with Crippen LogP contribution in [0, 0.1) is 0 Å². The Morgan fingerprint density at radius 3 is 2.56 bits per heavy atom. The first-order valence-electron chi connectivity index (χ1n) is 3.31. The molecule has 9 heavy (non-hydrogen) atoms. The van der Waals surface area contributed by atoms with E-state index in [1.165, 1.54) is 6.42 Å². The average molecular weight is 125 g/mol. The minimum atomic E-state index is 0.375. The van der Waals surface area contributed by atoms with Crippen LogP contribution in [0.25, 0.3) is 0 Å². The molecule has 2 aliphatic heterocycles. The van der Waals surface area contributed by atoms with Crippen molar-refractivity contribution in [3.05, 3.63) is 12.3 Å². The molecular formula is C7H11NO. The molecule has 1 spiro atoms. The summed E-state index contributed by atoms with van der Waals surface area (Å²) in [5, 5.41) is 0. The lowest BCUT2D eigenvalue weighted by atomic mass is 9.95. The molecule has 2 heterocycles. The maximum absolute atomic E-state index is 5.15. The minimum absolute atomic E-state index is 0.375. The maximum Gasteiger partial charge on any atom is 0.0893 e. The third kappa shape index (κ3) is 0.540. The Balaban J connectivity index is 2.13. The molecule has 0 amide bonds. The summed E-state index contributed by atoms with van der Waals surface area (Å²) in [5.41, 5.74) is 0.375. The van der Waals surface area contributed by atoms with E-state index in [-0.39, 0.29) is 0 Å². The number of nitrogens with zero attached hydrogens (tertiary/aromatic N) is 1. The zero-order valence-corrected chi connectivity index (χ0v) is 5.63.